The Morgan fingerprint density at radius 3 is 2.55 bits per heavy atom. The second-order valence-corrected chi connectivity index (χ2v) is 6.52. The van der Waals surface area contributed by atoms with E-state index in [2.05, 4.69) is 10.1 Å². The van der Waals surface area contributed by atoms with Crippen LogP contribution in [0.4, 0.5) is 13.2 Å². The minimum absolute atomic E-state index is 0. The molecule has 1 aromatic carbocycles. The first-order valence-corrected chi connectivity index (χ1v) is 7.73. The van der Waals surface area contributed by atoms with Gasteiger partial charge in [-0.05, 0) is 19.1 Å². The van der Waals surface area contributed by atoms with Gasteiger partial charge in [0.05, 0.1) is 0 Å². The van der Waals surface area contributed by atoms with Crippen LogP contribution in [0.15, 0.2) is 29.2 Å². The van der Waals surface area contributed by atoms with E-state index in [-0.39, 0.29) is 25.0 Å². The minimum Gasteiger partial charge on any atom is -0.404 e. The normalized spacial score (nSPS) is 20.3. The molecule has 1 N–H and O–H groups in total. The highest BCUT2D eigenvalue weighted by molar-refractivity contribution is 7.89. The predicted octanol–water partition coefficient (Wildman–Crippen LogP) is 1.99. The molecule has 5 nitrogen and oxygen atoms in total. The number of benzene rings is 1. The maximum atomic E-state index is 12.6. The van der Waals surface area contributed by atoms with Crippen LogP contribution >= 0.6 is 12.4 Å². The van der Waals surface area contributed by atoms with E-state index in [9.17, 15) is 21.6 Å². The number of sulfonamides is 1. The van der Waals surface area contributed by atoms with E-state index in [1.165, 1.54) is 16.4 Å². The van der Waals surface area contributed by atoms with Gasteiger partial charge in [0.1, 0.15) is 10.6 Å². The number of alkyl halides is 3. The largest absolute Gasteiger partial charge is 0.573 e. The van der Waals surface area contributed by atoms with Crippen molar-refractivity contribution in [1.29, 1.82) is 0 Å². The molecular weight excluding hydrogens is 345 g/mol. The van der Waals surface area contributed by atoms with Gasteiger partial charge in [0.25, 0.3) is 0 Å². The Morgan fingerprint density at radius 1 is 1.32 bits per heavy atom. The molecule has 1 aliphatic rings. The third-order valence-electron chi connectivity index (χ3n) is 3.10. The van der Waals surface area contributed by atoms with Crippen LogP contribution in [0.5, 0.6) is 5.75 Å². The Hall–Kier alpha value is -1.03. The third kappa shape index (κ3) is 4.25. The molecule has 0 amide bonds. The number of para-hydroxylation sites is 1. The van der Waals surface area contributed by atoms with Crippen molar-refractivity contribution < 1.29 is 26.3 Å². The summed E-state index contributed by atoms with van der Waals surface area (Å²) >= 11 is 0. The van der Waals surface area contributed by atoms with E-state index < -0.39 is 27.0 Å². The van der Waals surface area contributed by atoms with Gasteiger partial charge in [0.2, 0.25) is 10.0 Å². The van der Waals surface area contributed by atoms with Gasteiger partial charge in [0.15, 0.2) is 0 Å². The van der Waals surface area contributed by atoms with Gasteiger partial charge in [-0.3, -0.25) is 0 Å². The first-order valence-electron chi connectivity index (χ1n) is 6.29. The fourth-order valence-electron chi connectivity index (χ4n) is 2.18. The Balaban J connectivity index is 0.00000242. The summed E-state index contributed by atoms with van der Waals surface area (Å²) in [6.07, 6.45) is -4.94. The average Bonchev–Trinajstić information content (AvgIpc) is 2.37. The van der Waals surface area contributed by atoms with Crippen molar-refractivity contribution in [1.82, 2.24) is 9.62 Å². The monoisotopic (exact) mass is 360 g/mol. The van der Waals surface area contributed by atoms with Crippen molar-refractivity contribution >= 4 is 22.4 Å². The van der Waals surface area contributed by atoms with Crippen LogP contribution in [-0.4, -0.2) is 44.8 Å². The smallest absolute Gasteiger partial charge is 0.404 e. The summed E-state index contributed by atoms with van der Waals surface area (Å²) in [5, 5.41) is 3.02. The molecule has 10 heteroatoms. The molecule has 0 radical (unpaired) electrons. The van der Waals surface area contributed by atoms with Crippen molar-refractivity contribution in [3.05, 3.63) is 24.3 Å². The van der Waals surface area contributed by atoms with Crippen LogP contribution in [0.1, 0.15) is 6.92 Å². The molecule has 0 bridgehead atoms. The van der Waals surface area contributed by atoms with Crippen molar-refractivity contribution in [2.75, 3.05) is 19.6 Å². The molecule has 1 unspecified atom stereocenters. The standard InChI is InChI=1S/C12H15F3N2O3S.ClH/c1-9-8-16-6-7-17(9)21(18,19)11-5-3-2-4-10(11)20-12(13,14)15;/h2-5,9,16H,6-8H2,1H3;1H. The number of halogens is 4. The second-order valence-electron chi connectivity index (χ2n) is 4.66. The van der Waals surface area contributed by atoms with Gasteiger partial charge in [-0.15, -0.1) is 25.6 Å². The van der Waals surface area contributed by atoms with Gasteiger partial charge < -0.3 is 10.1 Å². The molecule has 126 valence electrons. The number of piperazine rings is 1. The number of hydrogen-bond donors (Lipinski definition) is 1. The second kappa shape index (κ2) is 7.03. The van der Waals surface area contributed by atoms with Crippen LogP contribution in [0.25, 0.3) is 0 Å². The van der Waals surface area contributed by atoms with Crippen molar-refractivity contribution in [3.8, 4) is 5.75 Å². The number of hydrogen-bond acceptors (Lipinski definition) is 4. The molecule has 2 rings (SSSR count). The lowest BCUT2D eigenvalue weighted by molar-refractivity contribution is -0.275. The SMILES string of the molecule is CC1CNCCN1S(=O)(=O)c1ccccc1OC(F)(F)F.Cl. The van der Waals surface area contributed by atoms with Crippen molar-refractivity contribution in [2.24, 2.45) is 0 Å². The molecule has 22 heavy (non-hydrogen) atoms. The van der Waals surface area contributed by atoms with Gasteiger partial charge in [0, 0.05) is 25.7 Å². The third-order valence-corrected chi connectivity index (χ3v) is 5.15. The van der Waals surface area contributed by atoms with Gasteiger partial charge in [-0.2, -0.15) is 4.31 Å². The summed E-state index contributed by atoms with van der Waals surface area (Å²) in [5.74, 6) is -0.712. The van der Waals surface area contributed by atoms with E-state index in [1.807, 2.05) is 0 Å². The molecule has 1 aliphatic heterocycles. The molecule has 1 aromatic rings. The molecule has 1 atom stereocenters. The maximum absolute atomic E-state index is 12.6. The molecule has 1 fully saturated rings. The Kier molecular flexibility index (Phi) is 6.08. The Labute approximate surface area is 132 Å². The Bertz CT molecular complexity index is 610. The van der Waals surface area contributed by atoms with E-state index >= 15 is 0 Å². The number of ether oxygens (including phenoxy) is 1. The molecule has 0 spiro atoms. The molecule has 0 aromatic heterocycles. The molecule has 1 saturated heterocycles. The first-order chi connectivity index (χ1) is 9.72. The zero-order valence-electron chi connectivity index (χ0n) is 11.6. The van der Waals surface area contributed by atoms with E-state index in [1.54, 1.807) is 6.92 Å². The molecule has 0 aliphatic carbocycles. The molecule has 1 heterocycles. The molecular formula is C12H16ClF3N2O3S. The van der Waals surface area contributed by atoms with Gasteiger partial charge in [-0.25, -0.2) is 8.42 Å². The zero-order valence-corrected chi connectivity index (χ0v) is 13.3. The quantitative estimate of drug-likeness (QED) is 0.895. The fraction of sp³-hybridized carbons (Fsp3) is 0.500. The number of nitrogens with one attached hydrogen (secondary N) is 1. The highest BCUT2D eigenvalue weighted by Crippen LogP contribution is 2.32. The molecule has 0 saturated carbocycles. The van der Waals surface area contributed by atoms with Gasteiger partial charge in [-0.1, -0.05) is 12.1 Å². The first kappa shape index (κ1) is 19.0. The summed E-state index contributed by atoms with van der Waals surface area (Å²) in [5.41, 5.74) is 0. The van der Waals surface area contributed by atoms with E-state index in [0.29, 0.717) is 13.1 Å². The van der Waals surface area contributed by atoms with Crippen LogP contribution in [-0.2, 0) is 10.0 Å². The van der Waals surface area contributed by atoms with E-state index in [0.717, 1.165) is 12.1 Å². The van der Waals surface area contributed by atoms with Crippen LogP contribution in [0, 0.1) is 0 Å². The van der Waals surface area contributed by atoms with Crippen LogP contribution in [0.3, 0.4) is 0 Å². The summed E-state index contributed by atoms with van der Waals surface area (Å²) in [4.78, 5) is -0.476. The summed E-state index contributed by atoms with van der Waals surface area (Å²) in [6.45, 7) is 2.79. The maximum Gasteiger partial charge on any atom is 0.573 e. The van der Waals surface area contributed by atoms with Crippen LogP contribution < -0.4 is 10.1 Å². The topological polar surface area (TPSA) is 58.6 Å². The van der Waals surface area contributed by atoms with Crippen LogP contribution in [0.2, 0.25) is 0 Å². The minimum atomic E-state index is -4.94. The summed E-state index contributed by atoms with van der Waals surface area (Å²) in [7, 11) is -4.05. The lowest BCUT2D eigenvalue weighted by Gasteiger charge is -2.33. The fourth-order valence-corrected chi connectivity index (χ4v) is 3.93. The number of nitrogens with zero attached hydrogens (tertiary/aromatic N) is 1. The number of rotatable bonds is 3. The highest BCUT2D eigenvalue weighted by Gasteiger charge is 2.37. The summed E-state index contributed by atoms with van der Waals surface area (Å²) in [6, 6.07) is 4.42. The average molecular weight is 361 g/mol. The van der Waals surface area contributed by atoms with Crippen molar-refractivity contribution in [3.63, 3.8) is 0 Å². The van der Waals surface area contributed by atoms with Crippen molar-refractivity contribution in [2.45, 2.75) is 24.2 Å². The lowest BCUT2D eigenvalue weighted by atomic mass is 10.3. The summed E-state index contributed by atoms with van der Waals surface area (Å²) < 4.78 is 67.3. The lowest BCUT2D eigenvalue weighted by Crippen LogP contribution is -2.52. The predicted molar refractivity (Wildman–Crippen MR) is 76.6 cm³/mol. The van der Waals surface area contributed by atoms with Gasteiger partial charge >= 0.3 is 6.36 Å². The Morgan fingerprint density at radius 2 is 1.95 bits per heavy atom. The van der Waals surface area contributed by atoms with E-state index in [4.69, 9.17) is 0 Å². The highest BCUT2D eigenvalue weighted by atomic mass is 35.5. The zero-order chi connectivity index (χ0) is 15.7.